The van der Waals surface area contributed by atoms with Crippen LogP contribution in [0.1, 0.15) is 36.1 Å². The van der Waals surface area contributed by atoms with Gasteiger partial charge in [0, 0.05) is 15.3 Å². The lowest BCUT2D eigenvalue weighted by molar-refractivity contribution is 0.477. The van der Waals surface area contributed by atoms with Crippen LogP contribution in [0.5, 0.6) is 5.75 Å². The number of alkyl halides is 1. The lowest BCUT2D eigenvalue weighted by atomic mass is 9.81. The van der Waals surface area contributed by atoms with Gasteiger partial charge in [-0.2, -0.15) is 0 Å². The van der Waals surface area contributed by atoms with E-state index in [-0.39, 0.29) is 11.2 Å². The summed E-state index contributed by atoms with van der Waals surface area (Å²) in [5.74, 6) is 0.199. The van der Waals surface area contributed by atoms with Crippen LogP contribution >= 0.6 is 15.9 Å². The lowest BCUT2D eigenvalue weighted by Gasteiger charge is -2.23. The molecule has 1 aliphatic rings. The smallest absolute Gasteiger partial charge is 0.123 e. The van der Waals surface area contributed by atoms with Gasteiger partial charge in [-0.1, -0.05) is 54.6 Å². The summed E-state index contributed by atoms with van der Waals surface area (Å²) >= 11 is 3.72. The standard InChI is InChI=1S/C22H18BrFO/c1-4-12-7-16-20-14-6-5-13(11-24)8-15(14)19(25)10-17(20)22(2,3)21(16)18(23)9-12/h4-10,25H,1,11H2,2-3H3. The largest absolute Gasteiger partial charge is 0.507 e. The number of phenols is 1. The fourth-order valence-corrected chi connectivity index (χ4v) is 5.01. The van der Waals surface area contributed by atoms with E-state index >= 15 is 0 Å². The Labute approximate surface area is 154 Å². The third kappa shape index (κ3) is 2.18. The van der Waals surface area contributed by atoms with Crippen molar-refractivity contribution in [2.75, 3.05) is 0 Å². The highest BCUT2D eigenvalue weighted by Gasteiger charge is 2.39. The third-order valence-corrected chi connectivity index (χ3v) is 5.88. The molecule has 0 aromatic heterocycles. The van der Waals surface area contributed by atoms with E-state index in [1.807, 2.05) is 18.2 Å². The molecule has 0 spiro atoms. The van der Waals surface area contributed by atoms with Gasteiger partial charge in [-0.3, -0.25) is 0 Å². The molecule has 1 N–H and O–H groups in total. The van der Waals surface area contributed by atoms with Gasteiger partial charge in [0.25, 0.3) is 0 Å². The molecule has 0 amide bonds. The molecule has 25 heavy (non-hydrogen) atoms. The molecule has 0 aliphatic heterocycles. The van der Waals surface area contributed by atoms with Crippen molar-refractivity contribution in [3.05, 3.63) is 69.7 Å². The molecule has 0 saturated heterocycles. The van der Waals surface area contributed by atoms with E-state index in [9.17, 15) is 9.50 Å². The van der Waals surface area contributed by atoms with Crippen molar-refractivity contribution in [1.82, 2.24) is 0 Å². The fourth-order valence-electron chi connectivity index (χ4n) is 4.03. The normalized spacial score (nSPS) is 14.4. The molecule has 3 heteroatoms. The van der Waals surface area contributed by atoms with Gasteiger partial charge in [-0.15, -0.1) is 0 Å². The zero-order valence-corrected chi connectivity index (χ0v) is 15.7. The van der Waals surface area contributed by atoms with Crippen molar-refractivity contribution >= 4 is 32.8 Å². The molecule has 0 atom stereocenters. The van der Waals surface area contributed by atoms with E-state index in [0.717, 1.165) is 32.1 Å². The highest BCUT2D eigenvalue weighted by Crippen LogP contribution is 2.55. The van der Waals surface area contributed by atoms with Gasteiger partial charge in [0.05, 0.1) is 0 Å². The van der Waals surface area contributed by atoms with Gasteiger partial charge in [-0.25, -0.2) is 4.39 Å². The third-order valence-electron chi connectivity index (χ3n) is 5.25. The van der Waals surface area contributed by atoms with Crippen LogP contribution < -0.4 is 0 Å². The molecule has 126 valence electrons. The van der Waals surface area contributed by atoms with E-state index < -0.39 is 6.67 Å². The van der Waals surface area contributed by atoms with Crippen LogP contribution in [0.4, 0.5) is 4.39 Å². The Balaban J connectivity index is 2.18. The second kappa shape index (κ2) is 5.43. The molecule has 0 bridgehead atoms. The zero-order valence-electron chi connectivity index (χ0n) is 14.2. The number of aromatic hydroxyl groups is 1. The first-order valence-corrected chi connectivity index (χ1v) is 8.99. The van der Waals surface area contributed by atoms with Crippen molar-refractivity contribution in [3.8, 4) is 16.9 Å². The van der Waals surface area contributed by atoms with Gasteiger partial charge < -0.3 is 5.11 Å². The maximum absolute atomic E-state index is 13.1. The van der Waals surface area contributed by atoms with E-state index in [1.165, 1.54) is 5.56 Å². The van der Waals surface area contributed by atoms with E-state index in [1.54, 1.807) is 12.1 Å². The molecule has 0 radical (unpaired) electrons. The molecule has 1 nitrogen and oxygen atoms in total. The fraction of sp³-hybridized carbons (Fsp3) is 0.182. The Bertz CT molecular complexity index is 1050. The van der Waals surface area contributed by atoms with Gasteiger partial charge in [0.15, 0.2) is 0 Å². The average molecular weight is 397 g/mol. The van der Waals surface area contributed by atoms with Gasteiger partial charge in [0.1, 0.15) is 12.4 Å². The number of hydrogen-bond donors (Lipinski definition) is 1. The minimum absolute atomic E-state index is 0.199. The monoisotopic (exact) mass is 396 g/mol. The van der Waals surface area contributed by atoms with Crippen LogP contribution in [-0.2, 0) is 12.1 Å². The minimum atomic E-state index is -0.541. The van der Waals surface area contributed by atoms with E-state index in [4.69, 9.17) is 0 Å². The molecule has 0 unspecified atom stereocenters. The summed E-state index contributed by atoms with van der Waals surface area (Å²) < 4.78 is 14.1. The predicted molar refractivity (Wildman–Crippen MR) is 106 cm³/mol. The molecule has 4 rings (SSSR count). The van der Waals surface area contributed by atoms with Crippen molar-refractivity contribution in [2.24, 2.45) is 0 Å². The quantitative estimate of drug-likeness (QED) is 0.509. The average Bonchev–Trinajstić information content (AvgIpc) is 2.82. The molecular weight excluding hydrogens is 379 g/mol. The van der Waals surface area contributed by atoms with Crippen molar-refractivity contribution in [1.29, 1.82) is 0 Å². The van der Waals surface area contributed by atoms with Crippen LogP contribution in [0.3, 0.4) is 0 Å². The van der Waals surface area contributed by atoms with Crippen LogP contribution in [0, 0.1) is 0 Å². The summed E-state index contributed by atoms with van der Waals surface area (Å²) in [6.07, 6.45) is 1.83. The Hall–Kier alpha value is -2.13. The summed E-state index contributed by atoms with van der Waals surface area (Å²) in [5.41, 5.74) is 5.91. The number of hydrogen-bond acceptors (Lipinski definition) is 1. The number of benzene rings is 3. The molecule has 0 heterocycles. The highest BCUT2D eigenvalue weighted by atomic mass is 79.9. The first kappa shape index (κ1) is 16.3. The second-order valence-corrected chi connectivity index (χ2v) is 7.94. The van der Waals surface area contributed by atoms with Gasteiger partial charge >= 0.3 is 0 Å². The number of phenolic OH excluding ortho intramolecular Hbond substituents is 1. The van der Waals surface area contributed by atoms with Crippen LogP contribution in [-0.4, -0.2) is 5.11 Å². The Morgan fingerprint density at radius 3 is 2.60 bits per heavy atom. The first-order valence-electron chi connectivity index (χ1n) is 8.20. The lowest BCUT2D eigenvalue weighted by Crippen LogP contribution is -2.15. The van der Waals surface area contributed by atoms with Crippen molar-refractivity contribution in [3.63, 3.8) is 0 Å². The number of halogens is 2. The van der Waals surface area contributed by atoms with Crippen molar-refractivity contribution < 1.29 is 9.50 Å². The van der Waals surface area contributed by atoms with E-state index in [2.05, 4.69) is 48.5 Å². The summed E-state index contributed by atoms with van der Waals surface area (Å²) in [4.78, 5) is 0. The molecule has 0 saturated carbocycles. The summed E-state index contributed by atoms with van der Waals surface area (Å²) in [6.45, 7) is 7.67. The molecule has 0 fully saturated rings. The van der Waals surface area contributed by atoms with Crippen molar-refractivity contribution in [2.45, 2.75) is 25.9 Å². The summed E-state index contributed by atoms with van der Waals surface area (Å²) in [6, 6.07) is 11.5. The number of rotatable bonds is 2. The zero-order chi connectivity index (χ0) is 17.9. The molecular formula is C22H18BrFO. The van der Waals surface area contributed by atoms with Crippen LogP contribution in [0.2, 0.25) is 0 Å². The Kier molecular flexibility index (Phi) is 3.55. The summed E-state index contributed by atoms with van der Waals surface area (Å²) in [5, 5.41) is 12.2. The van der Waals surface area contributed by atoms with Crippen LogP contribution in [0.15, 0.2) is 47.4 Å². The van der Waals surface area contributed by atoms with Crippen LogP contribution in [0.25, 0.3) is 28.0 Å². The summed E-state index contributed by atoms with van der Waals surface area (Å²) in [7, 11) is 0. The SMILES string of the molecule is C=Cc1cc(Br)c2c(c1)-c1c(cc(O)c3cc(CF)ccc13)C2(C)C. The predicted octanol–water partition coefficient (Wildman–Crippen LogP) is 6.73. The molecule has 3 aromatic carbocycles. The van der Waals surface area contributed by atoms with Gasteiger partial charge in [-0.05, 0) is 63.0 Å². The Morgan fingerprint density at radius 1 is 1.16 bits per heavy atom. The maximum atomic E-state index is 13.1. The topological polar surface area (TPSA) is 20.2 Å². The maximum Gasteiger partial charge on any atom is 0.123 e. The minimum Gasteiger partial charge on any atom is -0.507 e. The number of fused-ring (bicyclic) bond motifs is 5. The highest BCUT2D eigenvalue weighted by molar-refractivity contribution is 9.10. The second-order valence-electron chi connectivity index (χ2n) is 7.09. The first-order chi connectivity index (χ1) is 11.9. The van der Waals surface area contributed by atoms with Gasteiger partial charge in [0.2, 0.25) is 0 Å². The van der Waals surface area contributed by atoms with E-state index in [0.29, 0.717) is 10.9 Å². The molecule has 3 aromatic rings. The molecule has 1 aliphatic carbocycles. The Morgan fingerprint density at radius 2 is 1.92 bits per heavy atom.